The summed E-state index contributed by atoms with van der Waals surface area (Å²) in [5, 5.41) is 0. The number of esters is 1. The molecule has 0 saturated heterocycles. The molecule has 0 atom stereocenters. The van der Waals surface area contributed by atoms with E-state index in [-0.39, 0.29) is 0 Å². The smallest absolute Gasteiger partial charge is 0.330 e. The van der Waals surface area contributed by atoms with Crippen molar-refractivity contribution in [2.45, 2.75) is 6.92 Å². The highest BCUT2D eigenvalue weighted by atomic mass is 16.5. The molecule has 0 aromatic carbocycles. The molecule has 130 valence electrons. The van der Waals surface area contributed by atoms with Gasteiger partial charge in [0.25, 0.3) is 0 Å². The van der Waals surface area contributed by atoms with Gasteiger partial charge in [-0.2, -0.15) is 0 Å². The van der Waals surface area contributed by atoms with Crippen LogP contribution < -0.4 is 0 Å². The van der Waals surface area contributed by atoms with Crippen molar-refractivity contribution in [2.75, 3.05) is 53.8 Å². The van der Waals surface area contributed by atoms with Gasteiger partial charge in [0.05, 0.1) is 26.5 Å². The first-order valence-corrected chi connectivity index (χ1v) is 7.38. The highest BCUT2D eigenvalue weighted by Crippen LogP contribution is 1.97. The highest BCUT2D eigenvalue weighted by molar-refractivity contribution is 5.88. The van der Waals surface area contributed by atoms with Gasteiger partial charge in [0.15, 0.2) is 0 Å². The lowest BCUT2D eigenvalue weighted by molar-refractivity contribution is -0.137. The standard InChI is InChI=1S/C16H27N3O4/c1-5-23-16(20)7-6-15(12-17-2)13-18-14-19(8-10-21-3)9-11-22-4/h6-7,12-13H,2,5,8-11,14H2,1,3-4H3/b7-6+,15-12-,18-13-. The zero-order valence-corrected chi connectivity index (χ0v) is 14.2. The fourth-order valence-electron chi connectivity index (χ4n) is 1.54. The van der Waals surface area contributed by atoms with E-state index in [1.54, 1.807) is 33.4 Å². The maximum absolute atomic E-state index is 11.3. The fourth-order valence-corrected chi connectivity index (χ4v) is 1.54. The Morgan fingerprint density at radius 3 is 2.35 bits per heavy atom. The number of carbonyl (C=O) groups is 1. The van der Waals surface area contributed by atoms with Gasteiger partial charge in [-0.3, -0.25) is 14.9 Å². The van der Waals surface area contributed by atoms with E-state index < -0.39 is 5.97 Å². The Kier molecular flexibility index (Phi) is 13.9. The molecule has 7 heteroatoms. The van der Waals surface area contributed by atoms with Crippen LogP contribution in [0.25, 0.3) is 0 Å². The molecule has 0 heterocycles. The molecule has 0 aliphatic rings. The number of allylic oxidation sites excluding steroid dienone is 2. The first-order valence-electron chi connectivity index (χ1n) is 7.38. The largest absolute Gasteiger partial charge is 0.463 e. The van der Waals surface area contributed by atoms with Crippen LogP contribution in [0.4, 0.5) is 0 Å². The SMILES string of the molecule is C=N/C=C(\C=N/CN(CCOC)CCOC)/C=C/C(=O)OCC. The lowest BCUT2D eigenvalue weighted by Crippen LogP contribution is -2.31. The quantitative estimate of drug-likeness (QED) is 0.221. The van der Waals surface area contributed by atoms with Crippen molar-refractivity contribution >= 4 is 18.9 Å². The summed E-state index contributed by atoms with van der Waals surface area (Å²) in [6.07, 6.45) is 6.08. The molecule has 0 N–H and O–H groups in total. The van der Waals surface area contributed by atoms with Crippen LogP contribution in [0.5, 0.6) is 0 Å². The number of methoxy groups -OCH3 is 2. The van der Waals surface area contributed by atoms with Gasteiger partial charge >= 0.3 is 5.97 Å². The van der Waals surface area contributed by atoms with Crippen LogP contribution in [-0.4, -0.2) is 77.6 Å². The summed E-state index contributed by atoms with van der Waals surface area (Å²) in [7, 11) is 3.32. The third-order valence-electron chi connectivity index (χ3n) is 2.68. The predicted molar refractivity (Wildman–Crippen MR) is 92.1 cm³/mol. The van der Waals surface area contributed by atoms with Gasteiger partial charge in [0.2, 0.25) is 0 Å². The van der Waals surface area contributed by atoms with Crippen LogP contribution in [0, 0.1) is 0 Å². The Bertz CT molecular complexity index is 412. The van der Waals surface area contributed by atoms with Crippen LogP contribution >= 0.6 is 0 Å². The molecule has 0 aromatic heterocycles. The topological polar surface area (TPSA) is 72.7 Å². The number of carbonyl (C=O) groups excluding carboxylic acids is 1. The van der Waals surface area contributed by atoms with E-state index >= 15 is 0 Å². The van der Waals surface area contributed by atoms with Gasteiger partial charge in [-0.05, 0) is 19.7 Å². The molecule has 0 spiro atoms. The van der Waals surface area contributed by atoms with E-state index in [9.17, 15) is 4.79 Å². The van der Waals surface area contributed by atoms with Crippen molar-refractivity contribution in [3.05, 3.63) is 23.9 Å². The second-order valence-electron chi connectivity index (χ2n) is 4.45. The van der Waals surface area contributed by atoms with E-state index in [1.807, 2.05) is 0 Å². The van der Waals surface area contributed by atoms with E-state index in [2.05, 4.69) is 21.6 Å². The highest BCUT2D eigenvalue weighted by Gasteiger charge is 2.02. The molecule has 23 heavy (non-hydrogen) atoms. The summed E-state index contributed by atoms with van der Waals surface area (Å²) in [5.41, 5.74) is 0.659. The number of ether oxygens (including phenoxy) is 3. The first kappa shape index (κ1) is 21.2. The molecular formula is C16H27N3O4. The summed E-state index contributed by atoms with van der Waals surface area (Å²) in [6, 6.07) is 0. The van der Waals surface area contributed by atoms with Crippen molar-refractivity contribution in [1.29, 1.82) is 0 Å². The summed E-state index contributed by atoms with van der Waals surface area (Å²) in [4.78, 5) is 21.4. The maximum atomic E-state index is 11.3. The van der Waals surface area contributed by atoms with Gasteiger partial charge in [-0.25, -0.2) is 4.79 Å². The van der Waals surface area contributed by atoms with Crippen LogP contribution in [0.15, 0.2) is 33.9 Å². The molecular weight excluding hydrogens is 298 g/mol. The van der Waals surface area contributed by atoms with Crippen LogP contribution in [0.1, 0.15) is 6.92 Å². The summed E-state index contributed by atoms with van der Waals surface area (Å²) < 4.78 is 15.0. The summed E-state index contributed by atoms with van der Waals surface area (Å²) in [5.74, 6) is -0.405. The van der Waals surface area contributed by atoms with Crippen LogP contribution in [0.2, 0.25) is 0 Å². The number of nitrogens with zero attached hydrogens (tertiary/aromatic N) is 3. The minimum absolute atomic E-state index is 0.337. The Morgan fingerprint density at radius 2 is 1.83 bits per heavy atom. The van der Waals surface area contributed by atoms with E-state index in [1.165, 1.54) is 12.3 Å². The third-order valence-corrected chi connectivity index (χ3v) is 2.68. The number of hydrogen-bond acceptors (Lipinski definition) is 7. The number of aliphatic imine (C=N–C) groups is 2. The maximum Gasteiger partial charge on any atom is 0.330 e. The zero-order valence-electron chi connectivity index (χ0n) is 14.2. The lowest BCUT2D eigenvalue weighted by Gasteiger charge is -2.18. The normalized spacial score (nSPS) is 12.4. The average molecular weight is 325 g/mol. The van der Waals surface area contributed by atoms with Crippen LogP contribution in [-0.2, 0) is 19.0 Å². The Morgan fingerprint density at radius 1 is 1.17 bits per heavy atom. The zero-order chi connectivity index (χ0) is 17.3. The summed E-state index contributed by atoms with van der Waals surface area (Å²) in [6.45, 7) is 8.76. The molecule has 7 nitrogen and oxygen atoms in total. The molecule has 0 bridgehead atoms. The van der Waals surface area contributed by atoms with E-state index in [0.29, 0.717) is 32.1 Å². The van der Waals surface area contributed by atoms with Crippen LogP contribution in [0.3, 0.4) is 0 Å². The van der Waals surface area contributed by atoms with Crippen molar-refractivity contribution in [3.63, 3.8) is 0 Å². The van der Waals surface area contributed by atoms with Gasteiger partial charge in [0.1, 0.15) is 0 Å². The molecule has 0 aromatic rings. The molecule has 0 aliphatic heterocycles. The molecule has 0 fully saturated rings. The Balaban J connectivity index is 4.59. The Hall–Kier alpha value is -1.83. The predicted octanol–water partition coefficient (Wildman–Crippen LogP) is 1.31. The molecule has 0 saturated carbocycles. The Labute approximate surface area is 138 Å². The minimum Gasteiger partial charge on any atom is -0.463 e. The third kappa shape index (κ3) is 12.4. The minimum atomic E-state index is -0.405. The molecule has 0 rings (SSSR count). The van der Waals surface area contributed by atoms with Crippen molar-refractivity contribution in [1.82, 2.24) is 4.90 Å². The van der Waals surface area contributed by atoms with E-state index in [4.69, 9.17) is 14.2 Å². The van der Waals surface area contributed by atoms with Gasteiger partial charge in [-0.15, -0.1) is 0 Å². The number of rotatable bonds is 13. The van der Waals surface area contributed by atoms with Gasteiger partial charge in [-0.1, -0.05) is 0 Å². The monoisotopic (exact) mass is 325 g/mol. The number of hydrogen-bond donors (Lipinski definition) is 0. The molecule has 0 aliphatic carbocycles. The van der Waals surface area contributed by atoms with Crippen molar-refractivity contribution in [2.24, 2.45) is 9.98 Å². The average Bonchev–Trinajstić information content (AvgIpc) is 2.54. The fraction of sp³-hybridized carbons (Fsp3) is 0.562. The first-order chi connectivity index (χ1) is 11.2. The van der Waals surface area contributed by atoms with Crippen molar-refractivity contribution < 1.29 is 19.0 Å². The summed E-state index contributed by atoms with van der Waals surface area (Å²) >= 11 is 0. The molecule has 0 unspecified atom stereocenters. The van der Waals surface area contributed by atoms with Crippen molar-refractivity contribution in [3.8, 4) is 0 Å². The van der Waals surface area contributed by atoms with Gasteiger partial charge < -0.3 is 14.2 Å². The van der Waals surface area contributed by atoms with Gasteiger partial charge in [0, 0.05) is 51.4 Å². The molecule has 0 amide bonds. The van der Waals surface area contributed by atoms with E-state index in [0.717, 1.165) is 13.1 Å². The lowest BCUT2D eigenvalue weighted by atomic mass is 10.3. The molecule has 0 radical (unpaired) electrons. The second-order valence-corrected chi connectivity index (χ2v) is 4.45. The second kappa shape index (κ2) is 15.1.